The lowest BCUT2D eigenvalue weighted by Gasteiger charge is -2.13. The van der Waals surface area contributed by atoms with Crippen LogP contribution in [0.15, 0.2) is 27.8 Å². The van der Waals surface area contributed by atoms with E-state index in [2.05, 4.69) is 10.3 Å². The lowest BCUT2D eigenvalue weighted by atomic mass is 10.2. The molecule has 3 aromatic rings. The van der Waals surface area contributed by atoms with Gasteiger partial charge in [-0.25, -0.2) is 4.79 Å². The molecule has 2 heterocycles. The van der Waals surface area contributed by atoms with Crippen molar-refractivity contribution in [3.63, 3.8) is 0 Å². The zero-order chi connectivity index (χ0) is 19.0. The van der Waals surface area contributed by atoms with Crippen molar-refractivity contribution in [2.75, 3.05) is 18.4 Å². The Morgan fingerprint density at radius 3 is 2.42 bits per heavy atom. The average Bonchev–Trinajstić information content (AvgIpc) is 2.98. The minimum Gasteiger partial charge on any atom is -0.354 e. The normalized spacial score (nSPS) is 11.3. The van der Waals surface area contributed by atoms with Gasteiger partial charge in [-0.1, -0.05) is 29.3 Å². The molecule has 0 fully saturated rings. The van der Waals surface area contributed by atoms with Gasteiger partial charge in [-0.2, -0.15) is 4.98 Å². The summed E-state index contributed by atoms with van der Waals surface area (Å²) in [5, 5.41) is 4.04. The predicted molar refractivity (Wildman–Crippen MR) is 103 cm³/mol. The summed E-state index contributed by atoms with van der Waals surface area (Å²) < 4.78 is 4.04. The van der Waals surface area contributed by atoms with E-state index in [1.54, 1.807) is 29.8 Å². The first-order valence-corrected chi connectivity index (χ1v) is 8.65. The number of hydrogen-bond donors (Lipinski definition) is 2. The quantitative estimate of drug-likeness (QED) is 0.673. The van der Waals surface area contributed by atoms with Crippen molar-refractivity contribution in [3.05, 3.63) is 54.6 Å². The van der Waals surface area contributed by atoms with E-state index in [9.17, 15) is 9.59 Å². The summed E-state index contributed by atoms with van der Waals surface area (Å²) in [5.74, 6) is 0.416. The third-order valence-electron chi connectivity index (χ3n) is 4.15. The van der Waals surface area contributed by atoms with Gasteiger partial charge in [0.1, 0.15) is 0 Å². The number of halogens is 2. The van der Waals surface area contributed by atoms with Gasteiger partial charge < -0.3 is 11.1 Å². The second-order valence-electron chi connectivity index (χ2n) is 5.82. The van der Waals surface area contributed by atoms with E-state index in [0.717, 1.165) is 4.57 Å². The highest BCUT2D eigenvalue weighted by Crippen LogP contribution is 2.27. The minimum atomic E-state index is -0.451. The highest BCUT2D eigenvalue weighted by Gasteiger charge is 2.20. The first kappa shape index (κ1) is 18.5. The highest BCUT2D eigenvalue weighted by atomic mass is 35.5. The van der Waals surface area contributed by atoms with Crippen LogP contribution in [-0.4, -0.2) is 31.8 Å². The molecule has 0 amide bonds. The minimum absolute atomic E-state index is 0.218. The summed E-state index contributed by atoms with van der Waals surface area (Å²) in [6.07, 6.45) is 0. The van der Waals surface area contributed by atoms with Crippen LogP contribution >= 0.6 is 23.2 Å². The molecule has 8 nitrogen and oxygen atoms in total. The number of benzene rings is 1. The van der Waals surface area contributed by atoms with E-state index in [-0.39, 0.29) is 17.7 Å². The standard InChI is InChI=1S/C16H18Cl2N6O2/c1-22-13-12(14(25)23(2)16(22)26)24(15(21-13)20-7-6-19)8-9-10(17)4-3-5-11(9)18/h3-5H,6-8,19H2,1-2H3,(H,20,21). The number of rotatable bonds is 5. The Labute approximate surface area is 158 Å². The molecular formula is C16H18Cl2N6O2. The lowest BCUT2D eigenvalue weighted by Crippen LogP contribution is -2.37. The van der Waals surface area contributed by atoms with E-state index in [1.807, 2.05) is 0 Å². The van der Waals surface area contributed by atoms with E-state index in [1.165, 1.54) is 11.6 Å². The molecule has 3 rings (SSSR count). The van der Waals surface area contributed by atoms with Crippen LogP contribution in [-0.2, 0) is 20.6 Å². The molecule has 0 radical (unpaired) electrons. The summed E-state index contributed by atoms with van der Waals surface area (Å²) in [6, 6.07) is 5.20. The zero-order valence-corrected chi connectivity index (χ0v) is 15.8. The molecule has 0 aliphatic rings. The van der Waals surface area contributed by atoms with Gasteiger partial charge in [-0.05, 0) is 12.1 Å². The van der Waals surface area contributed by atoms with Crippen molar-refractivity contribution < 1.29 is 0 Å². The molecule has 0 spiro atoms. The predicted octanol–water partition coefficient (Wildman–Crippen LogP) is 1.16. The molecule has 26 heavy (non-hydrogen) atoms. The first-order valence-electron chi connectivity index (χ1n) is 7.90. The Hall–Kier alpha value is -2.29. The number of aryl methyl sites for hydroxylation is 1. The van der Waals surface area contributed by atoms with Gasteiger partial charge in [0.15, 0.2) is 11.2 Å². The first-order chi connectivity index (χ1) is 12.4. The van der Waals surface area contributed by atoms with Crippen LogP contribution in [0.3, 0.4) is 0 Å². The maximum atomic E-state index is 12.7. The number of nitrogens with one attached hydrogen (secondary N) is 1. The Morgan fingerprint density at radius 1 is 1.15 bits per heavy atom. The number of hydrogen-bond acceptors (Lipinski definition) is 5. The molecule has 0 bridgehead atoms. The van der Waals surface area contributed by atoms with Crippen LogP contribution in [0.1, 0.15) is 5.56 Å². The maximum absolute atomic E-state index is 12.7. The van der Waals surface area contributed by atoms with Gasteiger partial charge in [0.05, 0.1) is 6.54 Å². The van der Waals surface area contributed by atoms with Crippen LogP contribution in [0, 0.1) is 0 Å². The van der Waals surface area contributed by atoms with Crippen LogP contribution in [0.25, 0.3) is 11.2 Å². The summed E-state index contributed by atoms with van der Waals surface area (Å²) in [5.41, 5.74) is 5.89. The molecule has 0 aliphatic heterocycles. The third kappa shape index (κ3) is 3.00. The molecule has 3 N–H and O–H groups in total. The monoisotopic (exact) mass is 396 g/mol. The second kappa shape index (κ2) is 7.14. The highest BCUT2D eigenvalue weighted by molar-refractivity contribution is 6.36. The van der Waals surface area contributed by atoms with E-state index >= 15 is 0 Å². The second-order valence-corrected chi connectivity index (χ2v) is 6.63. The molecule has 2 aromatic heterocycles. The third-order valence-corrected chi connectivity index (χ3v) is 4.86. The van der Waals surface area contributed by atoms with Gasteiger partial charge in [-0.15, -0.1) is 0 Å². The Kier molecular flexibility index (Phi) is 5.08. The number of imidazole rings is 1. The van der Waals surface area contributed by atoms with Gasteiger partial charge in [-0.3, -0.25) is 18.5 Å². The fourth-order valence-electron chi connectivity index (χ4n) is 2.76. The topological polar surface area (TPSA) is 99.9 Å². The lowest BCUT2D eigenvalue weighted by molar-refractivity contribution is 0.702. The van der Waals surface area contributed by atoms with Gasteiger partial charge in [0, 0.05) is 42.8 Å². The summed E-state index contributed by atoms with van der Waals surface area (Å²) in [6.45, 7) is 1.05. The molecule has 0 aliphatic carbocycles. The molecule has 10 heteroatoms. The van der Waals surface area contributed by atoms with E-state index < -0.39 is 11.2 Å². The van der Waals surface area contributed by atoms with Crippen molar-refractivity contribution in [2.24, 2.45) is 19.8 Å². The number of nitrogens with two attached hydrogens (primary N) is 1. The van der Waals surface area contributed by atoms with Crippen molar-refractivity contribution in [1.82, 2.24) is 18.7 Å². The Balaban J connectivity index is 2.31. The Bertz CT molecular complexity index is 1080. The largest absolute Gasteiger partial charge is 0.354 e. The van der Waals surface area contributed by atoms with Crippen LogP contribution in [0.2, 0.25) is 10.0 Å². The average molecular weight is 397 g/mol. The van der Waals surface area contributed by atoms with Gasteiger partial charge in [0.25, 0.3) is 5.56 Å². The van der Waals surface area contributed by atoms with E-state index in [0.29, 0.717) is 34.6 Å². The van der Waals surface area contributed by atoms with Crippen LogP contribution in [0.5, 0.6) is 0 Å². The number of anilines is 1. The number of aromatic nitrogens is 4. The fraction of sp³-hybridized carbons (Fsp3) is 0.312. The van der Waals surface area contributed by atoms with Gasteiger partial charge in [0.2, 0.25) is 5.95 Å². The van der Waals surface area contributed by atoms with Crippen LogP contribution < -0.4 is 22.3 Å². The summed E-state index contributed by atoms with van der Waals surface area (Å²) in [7, 11) is 2.99. The number of nitrogens with zero attached hydrogens (tertiary/aromatic N) is 4. The molecular weight excluding hydrogens is 379 g/mol. The van der Waals surface area contributed by atoms with Crippen molar-refractivity contribution in [2.45, 2.75) is 6.54 Å². The molecule has 1 aromatic carbocycles. The molecule has 0 unspecified atom stereocenters. The van der Waals surface area contributed by atoms with Crippen LogP contribution in [0.4, 0.5) is 5.95 Å². The van der Waals surface area contributed by atoms with E-state index in [4.69, 9.17) is 28.9 Å². The van der Waals surface area contributed by atoms with Crippen molar-refractivity contribution in [3.8, 4) is 0 Å². The maximum Gasteiger partial charge on any atom is 0.332 e. The molecule has 0 saturated carbocycles. The fourth-order valence-corrected chi connectivity index (χ4v) is 3.28. The van der Waals surface area contributed by atoms with Crippen molar-refractivity contribution >= 4 is 40.3 Å². The number of fused-ring (bicyclic) bond motifs is 1. The molecule has 0 saturated heterocycles. The molecule has 0 atom stereocenters. The van der Waals surface area contributed by atoms with Gasteiger partial charge >= 0.3 is 5.69 Å². The molecule has 138 valence electrons. The summed E-state index contributed by atoms with van der Waals surface area (Å²) >= 11 is 12.6. The summed E-state index contributed by atoms with van der Waals surface area (Å²) in [4.78, 5) is 29.4. The SMILES string of the molecule is Cn1c(=O)c2c(nc(NCCN)n2Cc2c(Cl)cccc2Cl)n(C)c1=O. The van der Waals surface area contributed by atoms with Crippen molar-refractivity contribution in [1.29, 1.82) is 0 Å². The Morgan fingerprint density at radius 2 is 1.81 bits per heavy atom. The smallest absolute Gasteiger partial charge is 0.332 e. The zero-order valence-electron chi connectivity index (χ0n) is 14.3.